The third-order valence-corrected chi connectivity index (χ3v) is 9.29. The molecule has 0 spiro atoms. The number of aliphatic hydroxyl groups excluding tert-OH is 1. The quantitative estimate of drug-likeness (QED) is 0.650. The first-order valence-electron chi connectivity index (χ1n) is 11.7. The van der Waals surface area contributed by atoms with E-state index in [1.807, 2.05) is 0 Å². The van der Waals surface area contributed by atoms with Crippen LogP contribution in [0, 0.1) is 11.8 Å². The summed E-state index contributed by atoms with van der Waals surface area (Å²) in [7, 11) is -1.10. The van der Waals surface area contributed by atoms with E-state index in [4.69, 9.17) is 21.6 Å². The van der Waals surface area contributed by atoms with Gasteiger partial charge in [0.25, 0.3) is 0 Å². The number of aromatic nitrogens is 4. The van der Waals surface area contributed by atoms with Crippen molar-refractivity contribution < 1.29 is 9.32 Å². The molecule has 0 radical (unpaired) electrons. The SMILES string of the molecule is O=[S@]1CCCc2nc(N3CC4CN(c5ncc(Cl)cn5)CC4C3)nc(NC3(CO)CCC3)c21. The van der Waals surface area contributed by atoms with Crippen LogP contribution in [0.25, 0.3) is 0 Å². The van der Waals surface area contributed by atoms with Gasteiger partial charge in [0.2, 0.25) is 11.9 Å². The standard InChI is InChI=1S/C22H28ClN7O2S/c23-16-7-24-20(25-8-16)29-9-14-11-30(12-15(14)10-29)21-26-17-3-1-6-33(32)18(17)19(27-21)28-22(13-31)4-2-5-22/h7-8,14-15,31H,1-6,9-13H2,(H,26,27,28)/t14?,15?,33-/m0/s1. The van der Waals surface area contributed by atoms with Crippen LogP contribution in [0.2, 0.25) is 5.02 Å². The molecule has 176 valence electrons. The van der Waals surface area contributed by atoms with Crippen molar-refractivity contribution in [1.82, 2.24) is 19.9 Å². The largest absolute Gasteiger partial charge is 0.394 e. The van der Waals surface area contributed by atoms with Gasteiger partial charge in [-0.3, -0.25) is 4.21 Å². The van der Waals surface area contributed by atoms with Gasteiger partial charge in [0.15, 0.2) is 0 Å². The second kappa shape index (κ2) is 8.32. The summed E-state index contributed by atoms with van der Waals surface area (Å²) in [6.07, 6.45) is 7.87. The van der Waals surface area contributed by atoms with Crippen LogP contribution in [0.3, 0.4) is 0 Å². The van der Waals surface area contributed by atoms with E-state index in [9.17, 15) is 9.32 Å². The maximum Gasteiger partial charge on any atom is 0.227 e. The average molecular weight is 490 g/mol. The summed E-state index contributed by atoms with van der Waals surface area (Å²) in [6, 6.07) is 0. The molecule has 1 saturated carbocycles. The Balaban J connectivity index is 1.24. The van der Waals surface area contributed by atoms with Gasteiger partial charge in [-0.05, 0) is 32.1 Å². The Labute approximate surface area is 200 Å². The first-order valence-corrected chi connectivity index (χ1v) is 13.4. The van der Waals surface area contributed by atoms with E-state index in [1.165, 1.54) is 0 Å². The van der Waals surface area contributed by atoms with Crippen molar-refractivity contribution in [3.8, 4) is 0 Å². The van der Waals surface area contributed by atoms with Gasteiger partial charge in [-0.15, -0.1) is 0 Å². The van der Waals surface area contributed by atoms with E-state index >= 15 is 0 Å². The third kappa shape index (κ3) is 3.85. The van der Waals surface area contributed by atoms with Gasteiger partial charge in [0, 0.05) is 43.8 Å². The van der Waals surface area contributed by atoms with E-state index in [0.717, 1.165) is 74.8 Å². The Hall–Kier alpha value is -2.04. The zero-order valence-corrected chi connectivity index (χ0v) is 20.0. The summed E-state index contributed by atoms with van der Waals surface area (Å²) in [5.41, 5.74) is 0.550. The maximum absolute atomic E-state index is 12.9. The minimum absolute atomic E-state index is 0.0597. The Morgan fingerprint density at radius 1 is 1.06 bits per heavy atom. The lowest BCUT2D eigenvalue weighted by molar-refractivity contribution is 0.143. The molecule has 11 heteroatoms. The Morgan fingerprint density at radius 3 is 2.33 bits per heavy atom. The van der Waals surface area contributed by atoms with E-state index < -0.39 is 10.8 Å². The normalized spacial score (nSPS) is 27.8. The van der Waals surface area contributed by atoms with E-state index in [2.05, 4.69) is 25.1 Å². The predicted molar refractivity (Wildman–Crippen MR) is 127 cm³/mol. The van der Waals surface area contributed by atoms with Gasteiger partial charge in [-0.1, -0.05) is 11.6 Å². The molecular formula is C22H28ClN7O2S. The van der Waals surface area contributed by atoms with Crippen LogP contribution in [0.4, 0.5) is 17.7 Å². The minimum atomic E-state index is -1.10. The summed E-state index contributed by atoms with van der Waals surface area (Å²) in [6.45, 7) is 3.61. The summed E-state index contributed by atoms with van der Waals surface area (Å²) in [5.74, 6) is 3.73. The molecule has 1 aliphatic carbocycles. The zero-order chi connectivity index (χ0) is 22.6. The van der Waals surface area contributed by atoms with E-state index in [-0.39, 0.29) is 12.1 Å². The lowest BCUT2D eigenvalue weighted by Gasteiger charge is -2.42. The number of hydrogen-bond acceptors (Lipinski definition) is 9. The highest BCUT2D eigenvalue weighted by Crippen LogP contribution is 2.39. The maximum atomic E-state index is 12.9. The van der Waals surface area contributed by atoms with Crippen molar-refractivity contribution in [1.29, 1.82) is 0 Å². The van der Waals surface area contributed by atoms with Gasteiger partial charge in [0.05, 0.1) is 46.1 Å². The molecule has 3 fully saturated rings. The fourth-order valence-electron chi connectivity index (χ4n) is 5.56. The molecule has 33 heavy (non-hydrogen) atoms. The molecule has 2 aromatic heterocycles. The molecule has 0 aromatic carbocycles. The minimum Gasteiger partial charge on any atom is -0.394 e. The number of anilines is 3. The molecule has 0 bridgehead atoms. The lowest BCUT2D eigenvalue weighted by atomic mass is 9.77. The number of fused-ring (bicyclic) bond motifs is 2. The molecular weight excluding hydrogens is 462 g/mol. The molecule has 4 aliphatic rings. The Bertz CT molecular complexity index is 1060. The predicted octanol–water partition coefficient (Wildman–Crippen LogP) is 1.87. The molecule has 9 nitrogen and oxygen atoms in total. The van der Waals surface area contributed by atoms with Crippen LogP contribution in [0.1, 0.15) is 31.4 Å². The number of nitrogens with one attached hydrogen (secondary N) is 1. The highest BCUT2D eigenvalue weighted by atomic mass is 35.5. The van der Waals surface area contributed by atoms with Gasteiger partial charge in [0.1, 0.15) is 10.7 Å². The van der Waals surface area contributed by atoms with Crippen molar-refractivity contribution in [2.45, 2.75) is 42.5 Å². The number of aryl methyl sites for hydroxylation is 1. The smallest absolute Gasteiger partial charge is 0.227 e. The molecule has 3 atom stereocenters. The summed E-state index contributed by atoms with van der Waals surface area (Å²) in [5, 5.41) is 14.0. The van der Waals surface area contributed by atoms with Gasteiger partial charge in [-0.25, -0.2) is 15.0 Å². The van der Waals surface area contributed by atoms with Crippen molar-refractivity contribution in [3.63, 3.8) is 0 Å². The summed E-state index contributed by atoms with van der Waals surface area (Å²) >= 11 is 5.93. The Kier molecular flexibility index (Phi) is 5.42. The van der Waals surface area contributed by atoms with Crippen LogP contribution in [0.15, 0.2) is 17.3 Å². The second-order valence-electron chi connectivity index (χ2n) is 9.75. The molecule has 2 saturated heterocycles. The zero-order valence-electron chi connectivity index (χ0n) is 18.4. The molecule has 2 N–H and O–H groups in total. The van der Waals surface area contributed by atoms with Crippen molar-refractivity contribution >= 4 is 40.1 Å². The fraction of sp³-hybridized carbons (Fsp3) is 0.636. The van der Waals surface area contributed by atoms with Crippen LogP contribution >= 0.6 is 11.6 Å². The first-order chi connectivity index (χ1) is 16.0. The van der Waals surface area contributed by atoms with Gasteiger partial charge in [-0.2, -0.15) is 4.98 Å². The van der Waals surface area contributed by atoms with Crippen LogP contribution < -0.4 is 15.1 Å². The summed E-state index contributed by atoms with van der Waals surface area (Å²) in [4.78, 5) is 23.8. The molecule has 5 heterocycles. The molecule has 2 aromatic rings. The van der Waals surface area contributed by atoms with Crippen LogP contribution in [-0.2, 0) is 17.2 Å². The first kappa shape index (κ1) is 21.5. The van der Waals surface area contributed by atoms with Crippen molar-refractivity contribution in [3.05, 3.63) is 23.1 Å². The van der Waals surface area contributed by atoms with Crippen LogP contribution in [0.5, 0.6) is 0 Å². The number of rotatable bonds is 5. The highest BCUT2D eigenvalue weighted by molar-refractivity contribution is 7.85. The molecule has 0 amide bonds. The number of nitrogens with zero attached hydrogens (tertiary/aromatic N) is 6. The number of halogens is 1. The second-order valence-corrected chi connectivity index (χ2v) is 11.7. The Morgan fingerprint density at radius 2 is 1.73 bits per heavy atom. The number of hydrogen-bond donors (Lipinski definition) is 2. The van der Waals surface area contributed by atoms with Gasteiger partial charge < -0.3 is 20.2 Å². The summed E-state index contributed by atoms with van der Waals surface area (Å²) < 4.78 is 12.9. The lowest BCUT2D eigenvalue weighted by Crippen LogP contribution is -2.49. The monoisotopic (exact) mass is 489 g/mol. The topological polar surface area (TPSA) is 107 Å². The van der Waals surface area contributed by atoms with Crippen molar-refractivity contribution in [2.75, 3.05) is 53.7 Å². The highest BCUT2D eigenvalue weighted by Gasteiger charge is 2.43. The molecule has 2 unspecified atom stereocenters. The molecule has 3 aliphatic heterocycles. The van der Waals surface area contributed by atoms with E-state index in [1.54, 1.807) is 12.4 Å². The average Bonchev–Trinajstić information content (AvgIpc) is 3.36. The molecule has 6 rings (SSSR count). The fourth-order valence-corrected chi connectivity index (χ4v) is 6.99. The van der Waals surface area contributed by atoms with Gasteiger partial charge >= 0.3 is 0 Å². The van der Waals surface area contributed by atoms with Crippen molar-refractivity contribution in [2.24, 2.45) is 11.8 Å². The van der Waals surface area contributed by atoms with E-state index in [0.29, 0.717) is 34.4 Å². The third-order valence-electron chi connectivity index (χ3n) is 7.55. The van der Waals surface area contributed by atoms with Crippen LogP contribution in [-0.4, -0.2) is 73.3 Å². The number of aliphatic hydroxyl groups is 1.